The van der Waals surface area contributed by atoms with Crippen molar-refractivity contribution >= 4 is 27.4 Å². The number of carbonyl (C=O) groups excluding carboxylic acids is 1. The van der Waals surface area contributed by atoms with E-state index in [1.54, 1.807) is 23.1 Å². The summed E-state index contributed by atoms with van der Waals surface area (Å²) >= 11 is 0. The Bertz CT molecular complexity index is 687. The number of hydrogen-bond acceptors (Lipinski definition) is 4. The van der Waals surface area contributed by atoms with E-state index in [0.29, 0.717) is 43.2 Å². The van der Waals surface area contributed by atoms with Crippen LogP contribution in [0.1, 0.15) is 26.7 Å². The van der Waals surface area contributed by atoms with Crippen molar-refractivity contribution < 1.29 is 17.9 Å². The number of carbonyl (C=O) groups is 1. The second kappa shape index (κ2) is 7.74. The number of methoxy groups -OCH3 is 1. The van der Waals surface area contributed by atoms with E-state index in [1.165, 1.54) is 11.4 Å². The van der Waals surface area contributed by atoms with Crippen LogP contribution in [-0.4, -0.2) is 51.8 Å². The van der Waals surface area contributed by atoms with E-state index in [4.69, 9.17) is 4.74 Å². The molecule has 0 aromatic heterocycles. The number of urea groups is 1. The molecule has 1 aliphatic heterocycles. The van der Waals surface area contributed by atoms with Crippen molar-refractivity contribution in [3.63, 3.8) is 0 Å². The lowest BCUT2D eigenvalue weighted by Gasteiger charge is -2.29. The van der Waals surface area contributed by atoms with Gasteiger partial charge in [-0.3, -0.25) is 4.31 Å². The maximum absolute atomic E-state index is 12.3. The minimum atomic E-state index is -3.31. The molecule has 0 saturated carbocycles. The Labute approximate surface area is 143 Å². The maximum atomic E-state index is 12.3. The van der Waals surface area contributed by atoms with Gasteiger partial charge in [0.25, 0.3) is 0 Å². The molecule has 1 aromatic carbocycles. The van der Waals surface area contributed by atoms with Crippen LogP contribution in [0.5, 0.6) is 5.75 Å². The quantitative estimate of drug-likeness (QED) is 0.880. The van der Waals surface area contributed by atoms with Crippen LogP contribution < -0.4 is 14.4 Å². The van der Waals surface area contributed by atoms with Crippen molar-refractivity contribution in [3.05, 3.63) is 18.2 Å². The molecule has 1 aromatic rings. The fourth-order valence-corrected chi connectivity index (χ4v) is 4.38. The summed E-state index contributed by atoms with van der Waals surface area (Å²) in [5.41, 5.74) is 1.08. The number of rotatable bonds is 5. The van der Waals surface area contributed by atoms with Crippen molar-refractivity contribution in [2.75, 3.05) is 42.1 Å². The van der Waals surface area contributed by atoms with E-state index in [2.05, 4.69) is 5.32 Å². The Balaban J connectivity index is 2.26. The van der Waals surface area contributed by atoms with E-state index < -0.39 is 10.0 Å². The molecule has 0 aliphatic carbocycles. The summed E-state index contributed by atoms with van der Waals surface area (Å²) in [6.07, 6.45) is 1.50. The van der Waals surface area contributed by atoms with Crippen LogP contribution in [0.4, 0.5) is 16.2 Å². The molecule has 7 nitrogen and oxygen atoms in total. The minimum Gasteiger partial charge on any atom is -0.494 e. The first-order valence-corrected chi connectivity index (χ1v) is 9.78. The number of benzene rings is 1. The molecule has 1 aliphatic rings. The van der Waals surface area contributed by atoms with Crippen LogP contribution in [-0.2, 0) is 10.0 Å². The van der Waals surface area contributed by atoms with Gasteiger partial charge in [-0.2, -0.15) is 0 Å². The van der Waals surface area contributed by atoms with Crippen LogP contribution in [0.3, 0.4) is 0 Å². The summed E-state index contributed by atoms with van der Waals surface area (Å²) < 4.78 is 31.3. The van der Waals surface area contributed by atoms with Gasteiger partial charge in [0, 0.05) is 31.4 Å². The molecule has 1 N–H and O–H groups in total. The van der Waals surface area contributed by atoms with Crippen LogP contribution in [0.2, 0.25) is 0 Å². The lowest BCUT2D eigenvalue weighted by atomic mass is 10.2. The summed E-state index contributed by atoms with van der Waals surface area (Å²) in [7, 11) is -1.82. The molecule has 2 amide bonds. The molecule has 0 radical (unpaired) electrons. The largest absolute Gasteiger partial charge is 0.494 e. The van der Waals surface area contributed by atoms with Crippen molar-refractivity contribution in [1.29, 1.82) is 0 Å². The third-order valence-corrected chi connectivity index (χ3v) is 5.96. The molecule has 1 heterocycles. The van der Waals surface area contributed by atoms with Crippen LogP contribution in [0, 0.1) is 0 Å². The standard InChI is InChI=1S/C16H25N3O4S/c1-4-18(5-2)16(20)17-13-8-9-14(15(12-13)23-3)19-10-6-7-11-24(19,21)22/h8-9,12H,4-7,10-11H2,1-3H3,(H,17,20). The van der Waals surface area contributed by atoms with Gasteiger partial charge in [-0.25, -0.2) is 13.2 Å². The third kappa shape index (κ3) is 3.92. The number of anilines is 2. The predicted molar refractivity (Wildman–Crippen MR) is 95.3 cm³/mol. The van der Waals surface area contributed by atoms with E-state index >= 15 is 0 Å². The average molecular weight is 355 g/mol. The topological polar surface area (TPSA) is 79.0 Å². The van der Waals surface area contributed by atoms with Gasteiger partial charge < -0.3 is 15.0 Å². The van der Waals surface area contributed by atoms with Crippen LogP contribution in [0.25, 0.3) is 0 Å². The second-order valence-corrected chi connectivity index (χ2v) is 7.60. The Kier molecular flexibility index (Phi) is 5.93. The summed E-state index contributed by atoms with van der Waals surface area (Å²) in [6.45, 7) is 5.50. The number of nitrogens with one attached hydrogen (secondary N) is 1. The smallest absolute Gasteiger partial charge is 0.321 e. The zero-order valence-corrected chi connectivity index (χ0v) is 15.2. The highest BCUT2D eigenvalue weighted by molar-refractivity contribution is 7.92. The van der Waals surface area contributed by atoms with Gasteiger partial charge in [-0.1, -0.05) is 0 Å². The van der Waals surface area contributed by atoms with Crippen molar-refractivity contribution in [2.24, 2.45) is 0 Å². The average Bonchev–Trinajstić information content (AvgIpc) is 2.56. The van der Waals surface area contributed by atoms with E-state index in [1.807, 2.05) is 13.8 Å². The lowest BCUT2D eigenvalue weighted by molar-refractivity contribution is 0.217. The first-order chi connectivity index (χ1) is 11.4. The highest BCUT2D eigenvalue weighted by Gasteiger charge is 2.28. The molecule has 2 rings (SSSR count). The summed E-state index contributed by atoms with van der Waals surface area (Å²) in [6, 6.07) is 4.84. The van der Waals surface area contributed by atoms with E-state index in [-0.39, 0.29) is 11.8 Å². The van der Waals surface area contributed by atoms with Gasteiger partial charge in [0.2, 0.25) is 10.0 Å². The second-order valence-electron chi connectivity index (χ2n) is 5.58. The summed E-state index contributed by atoms with van der Waals surface area (Å²) in [4.78, 5) is 13.8. The molecule has 0 bridgehead atoms. The third-order valence-electron chi connectivity index (χ3n) is 4.10. The highest BCUT2D eigenvalue weighted by Crippen LogP contribution is 2.34. The molecule has 0 spiro atoms. The van der Waals surface area contributed by atoms with Gasteiger partial charge in [-0.05, 0) is 38.8 Å². The van der Waals surface area contributed by atoms with Crippen molar-refractivity contribution in [2.45, 2.75) is 26.7 Å². The first kappa shape index (κ1) is 18.4. The van der Waals surface area contributed by atoms with E-state index in [0.717, 1.165) is 6.42 Å². The Morgan fingerprint density at radius 1 is 1.29 bits per heavy atom. The number of nitrogens with zero attached hydrogens (tertiary/aromatic N) is 2. The fourth-order valence-electron chi connectivity index (χ4n) is 2.73. The Hall–Kier alpha value is -1.96. The molecule has 1 fully saturated rings. The molecule has 1 saturated heterocycles. The zero-order chi connectivity index (χ0) is 17.7. The van der Waals surface area contributed by atoms with Gasteiger partial charge in [0.15, 0.2) is 0 Å². The van der Waals surface area contributed by atoms with Crippen LogP contribution in [0.15, 0.2) is 18.2 Å². The Morgan fingerprint density at radius 3 is 2.58 bits per heavy atom. The molecule has 134 valence electrons. The van der Waals surface area contributed by atoms with E-state index in [9.17, 15) is 13.2 Å². The molecule has 8 heteroatoms. The first-order valence-electron chi connectivity index (χ1n) is 8.17. The number of amides is 2. The lowest BCUT2D eigenvalue weighted by Crippen LogP contribution is -2.38. The summed E-state index contributed by atoms with van der Waals surface area (Å²) in [5.74, 6) is 0.578. The highest BCUT2D eigenvalue weighted by atomic mass is 32.2. The fraction of sp³-hybridized carbons (Fsp3) is 0.562. The van der Waals surface area contributed by atoms with Crippen molar-refractivity contribution in [3.8, 4) is 5.75 Å². The molecular weight excluding hydrogens is 330 g/mol. The SMILES string of the molecule is CCN(CC)C(=O)Nc1ccc(N2CCCCS2(=O)=O)c(OC)c1. The zero-order valence-electron chi connectivity index (χ0n) is 14.4. The normalized spacial score (nSPS) is 16.5. The number of sulfonamides is 1. The molecular formula is C16H25N3O4S. The number of hydrogen-bond donors (Lipinski definition) is 1. The molecule has 0 unspecified atom stereocenters. The number of ether oxygens (including phenoxy) is 1. The van der Waals surface area contributed by atoms with Gasteiger partial charge in [0.1, 0.15) is 5.75 Å². The molecule has 0 atom stereocenters. The molecule has 24 heavy (non-hydrogen) atoms. The maximum Gasteiger partial charge on any atom is 0.321 e. The monoisotopic (exact) mass is 355 g/mol. The van der Waals surface area contributed by atoms with Crippen LogP contribution >= 0.6 is 0 Å². The minimum absolute atomic E-state index is 0.149. The van der Waals surface area contributed by atoms with Crippen molar-refractivity contribution in [1.82, 2.24) is 4.90 Å². The van der Waals surface area contributed by atoms with Gasteiger partial charge >= 0.3 is 6.03 Å². The summed E-state index contributed by atoms with van der Waals surface area (Å²) in [5, 5.41) is 2.81. The van der Waals surface area contributed by atoms with Gasteiger partial charge in [-0.15, -0.1) is 0 Å². The van der Waals surface area contributed by atoms with Gasteiger partial charge in [0.05, 0.1) is 18.6 Å². The predicted octanol–water partition coefficient (Wildman–Crippen LogP) is 2.50. The Morgan fingerprint density at radius 2 is 2.00 bits per heavy atom.